The lowest BCUT2D eigenvalue weighted by molar-refractivity contribution is 0.332. The van der Waals surface area contributed by atoms with Gasteiger partial charge in [0.05, 0.1) is 11.5 Å². The molecular formula is C19H15ClN4O3S. The smallest absolute Gasteiger partial charge is 0.300 e. The Balaban J connectivity index is 1.81. The van der Waals surface area contributed by atoms with Crippen LogP contribution in [0.4, 0.5) is 5.69 Å². The minimum Gasteiger partial charge on any atom is -0.360 e. The summed E-state index contributed by atoms with van der Waals surface area (Å²) in [5.41, 5.74) is 0.651. The number of fused-ring (bicyclic) bond motifs is 4. The van der Waals surface area contributed by atoms with Crippen LogP contribution < -0.4 is 10.9 Å². The van der Waals surface area contributed by atoms with E-state index in [4.69, 9.17) is 11.6 Å². The Morgan fingerprint density at radius 3 is 2.64 bits per heavy atom. The van der Waals surface area contributed by atoms with E-state index in [1.807, 2.05) is 18.2 Å². The number of nitrogens with zero attached hydrogens (tertiary/aromatic N) is 3. The fourth-order valence-electron chi connectivity index (χ4n) is 3.85. The van der Waals surface area contributed by atoms with Gasteiger partial charge in [-0.1, -0.05) is 41.9 Å². The molecule has 2 aliphatic heterocycles. The molecule has 3 aromatic rings. The lowest BCUT2D eigenvalue weighted by atomic mass is 10.0. The molecule has 5 rings (SSSR count). The van der Waals surface area contributed by atoms with Crippen LogP contribution in [-0.2, 0) is 15.5 Å². The van der Waals surface area contributed by atoms with Gasteiger partial charge in [-0.05, 0) is 18.2 Å². The van der Waals surface area contributed by atoms with Crippen molar-refractivity contribution >= 4 is 27.1 Å². The standard InChI is InChI=1S/C19H15ClN4O3S/c20-13-6-7-15-14(10-13)17-21-18(25)16(12-4-2-1-3-5-12)23-24(17)19(22-15)8-9-28(26,27)11-19/h1-7,10,22H,8-9,11H2. The summed E-state index contributed by atoms with van der Waals surface area (Å²) in [5, 5.41) is 8.40. The van der Waals surface area contributed by atoms with Crippen molar-refractivity contribution in [2.75, 3.05) is 16.8 Å². The lowest BCUT2D eigenvalue weighted by Gasteiger charge is -2.38. The SMILES string of the molecule is O=c1nc2n(nc1-c1ccccc1)C1(CCS(=O)(=O)C1)Nc1ccc(Cl)cc1-2. The Bertz CT molecular complexity index is 1270. The van der Waals surface area contributed by atoms with Crippen molar-refractivity contribution in [3.8, 4) is 22.6 Å². The topological polar surface area (TPSA) is 93.9 Å². The van der Waals surface area contributed by atoms with Crippen LogP contribution in [-0.4, -0.2) is 34.7 Å². The van der Waals surface area contributed by atoms with Crippen LogP contribution in [0.25, 0.3) is 22.6 Å². The van der Waals surface area contributed by atoms with Crippen molar-refractivity contribution in [3.05, 3.63) is 63.9 Å². The number of nitrogens with one attached hydrogen (secondary N) is 1. The Morgan fingerprint density at radius 2 is 1.93 bits per heavy atom. The maximum Gasteiger partial charge on any atom is 0.300 e. The van der Waals surface area contributed by atoms with E-state index in [2.05, 4.69) is 15.4 Å². The molecule has 0 bridgehead atoms. The fourth-order valence-corrected chi connectivity index (χ4v) is 5.88. The molecule has 2 aliphatic rings. The fraction of sp³-hybridized carbons (Fsp3) is 0.211. The molecule has 1 spiro atoms. The highest BCUT2D eigenvalue weighted by molar-refractivity contribution is 7.91. The molecular weight excluding hydrogens is 400 g/mol. The van der Waals surface area contributed by atoms with Crippen LogP contribution in [0.3, 0.4) is 0 Å². The van der Waals surface area contributed by atoms with Crippen molar-refractivity contribution in [1.29, 1.82) is 0 Å². The summed E-state index contributed by atoms with van der Waals surface area (Å²) in [4.78, 5) is 17.0. The monoisotopic (exact) mass is 414 g/mol. The van der Waals surface area contributed by atoms with Gasteiger partial charge in [-0.15, -0.1) is 0 Å². The lowest BCUT2D eigenvalue weighted by Crippen LogP contribution is -2.48. The van der Waals surface area contributed by atoms with Crippen LogP contribution in [0, 0.1) is 0 Å². The molecule has 1 saturated heterocycles. The first-order chi connectivity index (χ1) is 13.4. The zero-order valence-electron chi connectivity index (χ0n) is 14.6. The summed E-state index contributed by atoms with van der Waals surface area (Å²) in [6, 6.07) is 14.2. The highest BCUT2D eigenvalue weighted by Gasteiger charge is 2.48. The Morgan fingerprint density at radius 1 is 1.14 bits per heavy atom. The molecule has 7 nitrogen and oxygen atoms in total. The van der Waals surface area contributed by atoms with Crippen molar-refractivity contribution in [2.24, 2.45) is 0 Å². The molecule has 1 N–H and O–H groups in total. The zero-order chi connectivity index (χ0) is 19.5. The van der Waals surface area contributed by atoms with Gasteiger partial charge in [-0.3, -0.25) is 4.79 Å². The van der Waals surface area contributed by atoms with E-state index in [0.29, 0.717) is 34.1 Å². The summed E-state index contributed by atoms with van der Waals surface area (Å²) in [6.45, 7) is 0. The van der Waals surface area contributed by atoms with Crippen LogP contribution in [0.1, 0.15) is 6.42 Å². The Hall–Kier alpha value is -2.71. The number of aromatic nitrogens is 3. The average Bonchev–Trinajstić information content (AvgIpc) is 2.98. The largest absolute Gasteiger partial charge is 0.360 e. The molecule has 2 aromatic carbocycles. The number of anilines is 1. The van der Waals surface area contributed by atoms with Gasteiger partial charge in [0, 0.05) is 28.3 Å². The van der Waals surface area contributed by atoms with E-state index in [1.54, 1.807) is 35.0 Å². The van der Waals surface area contributed by atoms with E-state index in [-0.39, 0.29) is 17.2 Å². The van der Waals surface area contributed by atoms with Crippen LogP contribution in [0.5, 0.6) is 0 Å². The maximum absolute atomic E-state index is 12.8. The van der Waals surface area contributed by atoms with Crippen molar-refractivity contribution in [2.45, 2.75) is 12.1 Å². The van der Waals surface area contributed by atoms with E-state index >= 15 is 0 Å². The predicted octanol–water partition coefficient (Wildman–Crippen LogP) is 2.52. The Kier molecular flexibility index (Phi) is 3.66. The molecule has 1 fully saturated rings. The van der Waals surface area contributed by atoms with Gasteiger partial charge in [0.15, 0.2) is 21.4 Å². The summed E-state index contributed by atoms with van der Waals surface area (Å²) in [5.74, 6) is 0.232. The number of sulfone groups is 1. The van der Waals surface area contributed by atoms with Gasteiger partial charge < -0.3 is 5.32 Å². The van der Waals surface area contributed by atoms with Crippen LogP contribution in [0.2, 0.25) is 5.02 Å². The van der Waals surface area contributed by atoms with E-state index in [0.717, 1.165) is 0 Å². The van der Waals surface area contributed by atoms with Gasteiger partial charge in [0.25, 0.3) is 5.56 Å². The molecule has 3 heterocycles. The second kappa shape index (κ2) is 5.89. The number of rotatable bonds is 1. The minimum absolute atomic E-state index is 0.0385. The Labute approximate surface area is 165 Å². The molecule has 142 valence electrons. The predicted molar refractivity (Wildman–Crippen MR) is 107 cm³/mol. The quantitative estimate of drug-likeness (QED) is 0.657. The van der Waals surface area contributed by atoms with Crippen LogP contribution in [0.15, 0.2) is 53.3 Å². The number of hydrogen-bond acceptors (Lipinski definition) is 6. The summed E-state index contributed by atoms with van der Waals surface area (Å²) >= 11 is 6.15. The third-order valence-corrected chi connectivity index (χ3v) is 7.12. The maximum atomic E-state index is 12.8. The normalized spacial score (nSPS) is 21.8. The molecule has 1 atom stereocenters. The van der Waals surface area contributed by atoms with E-state index < -0.39 is 21.1 Å². The van der Waals surface area contributed by atoms with Crippen molar-refractivity contribution in [3.63, 3.8) is 0 Å². The van der Waals surface area contributed by atoms with Crippen molar-refractivity contribution < 1.29 is 8.42 Å². The first kappa shape index (κ1) is 17.4. The highest BCUT2D eigenvalue weighted by Crippen LogP contribution is 2.42. The first-order valence-electron chi connectivity index (χ1n) is 8.73. The third kappa shape index (κ3) is 2.63. The second-order valence-electron chi connectivity index (χ2n) is 7.06. The minimum atomic E-state index is -3.25. The molecule has 1 aromatic heterocycles. The molecule has 0 radical (unpaired) electrons. The second-order valence-corrected chi connectivity index (χ2v) is 9.68. The van der Waals surface area contributed by atoms with E-state index in [9.17, 15) is 13.2 Å². The number of hydrogen-bond donors (Lipinski definition) is 1. The first-order valence-corrected chi connectivity index (χ1v) is 10.9. The third-order valence-electron chi connectivity index (χ3n) is 5.14. The van der Waals surface area contributed by atoms with Gasteiger partial charge in [-0.25, -0.2) is 13.1 Å². The molecule has 9 heteroatoms. The summed E-state index contributed by atoms with van der Waals surface area (Å²) in [6.07, 6.45) is 0.330. The molecule has 0 amide bonds. The van der Waals surface area contributed by atoms with E-state index in [1.165, 1.54) is 0 Å². The number of benzene rings is 2. The van der Waals surface area contributed by atoms with Gasteiger partial charge in [-0.2, -0.15) is 10.1 Å². The highest BCUT2D eigenvalue weighted by atomic mass is 35.5. The van der Waals surface area contributed by atoms with Gasteiger partial charge >= 0.3 is 0 Å². The number of halogens is 1. The average molecular weight is 415 g/mol. The van der Waals surface area contributed by atoms with Gasteiger partial charge in [0.1, 0.15) is 5.66 Å². The molecule has 0 aliphatic carbocycles. The summed E-state index contributed by atoms with van der Waals surface area (Å²) < 4.78 is 26.2. The zero-order valence-corrected chi connectivity index (χ0v) is 16.2. The van der Waals surface area contributed by atoms with Crippen LogP contribution >= 0.6 is 11.6 Å². The molecule has 28 heavy (non-hydrogen) atoms. The van der Waals surface area contributed by atoms with Crippen molar-refractivity contribution in [1.82, 2.24) is 14.8 Å². The van der Waals surface area contributed by atoms with Gasteiger partial charge in [0.2, 0.25) is 0 Å². The molecule has 0 saturated carbocycles. The summed E-state index contributed by atoms with van der Waals surface area (Å²) in [7, 11) is -3.25. The molecule has 1 unspecified atom stereocenters.